The van der Waals surface area contributed by atoms with Crippen LogP contribution in [0.1, 0.15) is 151 Å². The van der Waals surface area contributed by atoms with Gasteiger partial charge in [0.2, 0.25) is 0 Å². The van der Waals surface area contributed by atoms with Gasteiger partial charge in [-0.25, -0.2) is 0 Å². The molecule has 3 aliphatic carbocycles. The van der Waals surface area contributed by atoms with E-state index in [-0.39, 0.29) is 16.2 Å². The summed E-state index contributed by atoms with van der Waals surface area (Å²) in [5, 5.41) is 0. The number of aryl methyl sites for hydroxylation is 2. The van der Waals surface area contributed by atoms with Crippen LogP contribution < -0.4 is 0 Å². The van der Waals surface area contributed by atoms with E-state index in [0.717, 1.165) is 12.4 Å². The maximum Gasteiger partial charge on any atom is 0.118 e. The Morgan fingerprint density at radius 2 is 0.783 bits per heavy atom. The molecule has 0 bridgehead atoms. The summed E-state index contributed by atoms with van der Waals surface area (Å²) in [6.45, 7) is 26.2. The number of nitrogens with zero attached hydrogens (tertiary/aromatic N) is 3. The quantitative estimate of drug-likeness (QED) is 0.159. The van der Waals surface area contributed by atoms with Crippen LogP contribution in [-0.4, -0.2) is 28.5 Å². The highest BCUT2D eigenvalue weighted by Crippen LogP contribution is 2.62. The Balaban J connectivity index is 1.09. The molecule has 0 radical (unpaired) electrons. The Hall–Kier alpha value is -8.53. The maximum atomic E-state index is 5.58. The Kier molecular flexibility index (Phi) is 11.7. The lowest BCUT2D eigenvalue weighted by Crippen LogP contribution is -2.45. The summed E-state index contributed by atoms with van der Waals surface area (Å²) in [6.07, 6.45) is 6.63. The fourth-order valence-corrected chi connectivity index (χ4v) is 15.3. The van der Waals surface area contributed by atoms with Gasteiger partial charge in [0.15, 0.2) is 0 Å². The zero-order valence-electron chi connectivity index (χ0n) is 50.4. The molecule has 3 unspecified atom stereocenters. The molecule has 0 saturated carbocycles. The predicted octanol–water partition coefficient (Wildman–Crippen LogP) is 18.9. The van der Waals surface area contributed by atoms with Crippen LogP contribution in [0.25, 0.3) is 44.5 Å². The van der Waals surface area contributed by atoms with E-state index in [4.69, 9.17) is 4.98 Å². The predicted molar refractivity (Wildman–Crippen MR) is 345 cm³/mol. The van der Waals surface area contributed by atoms with Gasteiger partial charge >= 0.3 is 0 Å². The van der Waals surface area contributed by atoms with Crippen molar-refractivity contribution >= 4 is 0 Å². The summed E-state index contributed by atoms with van der Waals surface area (Å²) in [6, 6.07) is 80.6. The van der Waals surface area contributed by atoms with Gasteiger partial charge in [-0.1, -0.05) is 256 Å². The first kappa shape index (κ1) is 52.5. The molecule has 4 aliphatic rings. The molecule has 0 fully saturated rings. The molecular weight excluding hydrogens is 1000 g/mol. The van der Waals surface area contributed by atoms with Crippen molar-refractivity contribution in [2.45, 2.75) is 109 Å². The third-order valence-corrected chi connectivity index (χ3v) is 19.4. The van der Waals surface area contributed by atoms with Crippen LogP contribution in [0.2, 0.25) is 0 Å². The molecule has 3 atom stereocenters. The summed E-state index contributed by atoms with van der Waals surface area (Å²) in [7, 11) is 2.19. The molecule has 1 aromatic heterocycles. The molecular formula is C80H75N3. The highest BCUT2D eigenvalue weighted by atomic mass is 15.4. The molecule has 0 N–H and O–H groups in total. The van der Waals surface area contributed by atoms with Crippen molar-refractivity contribution in [3.8, 4) is 44.5 Å². The molecule has 10 aromatic rings. The molecule has 9 aromatic carbocycles. The SMILES string of the molecule is Cc1cccc(C)c1-c1ccnc(C2(c3cccc(C4(c5cccc(C6(N7C=CN(C)C7)c7ccccc7-c7cc(C(C)(C)C)ccc76)c5)c5ccccc5-c5cc(C(C)(C)C)ccc54)c3)c3ccccc3-c3cc(C(C)(C)C)ccc32)c1. The van der Waals surface area contributed by atoms with E-state index >= 15 is 0 Å². The van der Waals surface area contributed by atoms with Gasteiger partial charge in [-0.2, -0.15) is 0 Å². The maximum absolute atomic E-state index is 5.58. The second-order valence-corrected chi connectivity index (χ2v) is 27.4. The second kappa shape index (κ2) is 18.5. The minimum atomic E-state index is -0.785. The monoisotopic (exact) mass is 1080 g/mol. The van der Waals surface area contributed by atoms with Crippen molar-refractivity contribution in [2.75, 3.05) is 13.7 Å². The smallest absolute Gasteiger partial charge is 0.118 e. The van der Waals surface area contributed by atoms with Crippen molar-refractivity contribution in [2.24, 2.45) is 0 Å². The first-order valence-electron chi connectivity index (χ1n) is 29.9. The molecule has 14 rings (SSSR count). The van der Waals surface area contributed by atoms with Gasteiger partial charge in [-0.15, -0.1) is 0 Å². The number of benzene rings is 9. The van der Waals surface area contributed by atoms with Crippen LogP contribution in [0, 0.1) is 13.8 Å². The Bertz CT molecular complexity index is 4300. The van der Waals surface area contributed by atoms with Gasteiger partial charge < -0.3 is 9.80 Å². The summed E-state index contributed by atoms with van der Waals surface area (Å²) in [5.41, 5.74) is 27.9. The number of hydrogen-bond donors (Lipinski definition) is 0. The van der Waals surface area contributed by atoms with Gasteiger partial charge in [0.25, 0.3) is 0 Å². The van der Waals surface area contributed by atoms with E-state index in [1.807, 2.05) is 0 Å². The first-order valence-corrected chi connectivity index (χ1v) is 29.9. The molecule has 1 aliphatic heterocycles. The van der Waals surface area contributed by atoms with Crippen LogP contribution in [0.3, 0.4) is 0 Å². The summed E-state index contributed by atoms with van der Waals surface area (Å²) >= 11 is 0. The van der Waals surface area contributed by atoms with Crippen molar-refractivity contribution in [1.29, 1.82) is 0 Å². The second-order valence-electron chi connectivity index (χ2n) is 27.4. The van der Waals surface area contributed by atoms with Gasteiger partial charge in [-0.3, -0.25) is 4.98 Å². The fraction of sp³-hybridized carbons (Fsp3) is 0.237. The van der Waals surface area contributed by atoms with Gasteiger partial charge in [0.05, 0.1) is 23.2 Å². The third kappa shape index (κ3) is 7.58. The number of pyridine rings is 1. The number of aromatic nitrogens is 1. The summed E-state index contributed by atoms with van der Waals surface area (Å²) < 4.78 is 0. The number of fused-ring (bicyclic) bond motifs is 9. The molecule has 3 nitrogen and oxygen atoms in total. The number of hydrogen-bond acceptors (Lipinski definition) is 3. The number of rotatable bonds is 7. The van der Waals surface area contributed by atoms with Crippen molar-refractivity contribution in [1.82, 2.24) is 14.8 Å². The molecule has 83 heavy (non-hydrogen) atoms. The minimum Gasteiger partial charge on any atom is -0.362 e. The Morgan fingerprint density at radius 3 is 1.31 bits per heavy atom. The van der Waals surface area contributed by atoms with Crippen LogP contribution in [0.15, 0.2) is 225 Å². The lowest BCUT2D eigenvalue weighted by atomic mass is 9.64. The Labute approximate surface area is 493 Å². The summed E-state index contributed by atoms with van der Waals surface area (Å²) in [5.74, 6) is 0. The van der Waals surface area contributed by atoms with E-state index < -0.39 is 16.4 Å². The minimum absolute atomic E-state index is 0.0185. The average Bonchev–Trinajstić information content (AvgIpc) is 1.65. The third-order valence-electron chi connectivity index (χ3n) is 19.4. The van der Waals surface area contributed by atoms with Crippen LogP contribution in [-0.2, 0) is 32.6 Å². The van der Waals surface area contributed by atoms with Crippen LogP contribution >= 0.6 is 0 Å². The van der Waals surface area contributed by atoms with Crippen molar-refractivity contribution in [3.05, 3.63) is 314 Å². The van der Waals surface area contributed by atoms with Crippen molar-refractivity contribution in [3.63, 3.8) is 0 Å². The Morgan fingerprint density at radius 1 is 0.373 bits per heavy atom. The van der Waals surface area contributed by atoms with E-state index in [2.05, 4.69) is 318 Å². The van der Waals surface area contributed by atoms with E-state index in [1.54, 1.807) is 0 Å². The zero-order chi connectivity index (χ0) is 57.6. The molecule has 3 heteroatoms. The van der Waals surface area contributed by atoms with Gasteiger partial charge in [-0.05, 0) is 170 Å². The molecule has 0 amide bonds. The van der Waals surface area contributed by atoms with E-state index in [9.17, 15) is 0 Å². The van der Waals surface area contributed by atoms with Gasteiger partial charge in [0.1, 0.15) is 5.54 Å². The van der Waals surface area contributed by atoms with E-state index in [0.29, 0.717) is 0 Å². The summed E-state index contributed by atoms with van der Waals surface area (Å²) in [4.78, 5) is 10.5. The molecule has 0 spiro atoms. The highest BCUT2D eigenvalue weighted by molar-refractivity contribution is 5.90. The van der Waals surface area contributed by atoms with Crippen molar-refractivity contribution < 1.29 is 0 Å². The fourth-order valence-electron chi connectivity index (χ4n) is 15.3. The zero-order valence-corrected chi connectivity index (χ0v) is 50.4. The highest BCUT2D eigenvalue weighted by Gasteiger charge is 2.53. The normalized spacial score (nSPS) is 19.3. The molecule has 410 valence electrons. The van der Waals surface area contributed by atoms with E-state index in [1.165, 1.54) is 128 Å². The largest absolute Gasteiger partial charge is 0.362 e. The average molecular weight is 1080 g/mol. The lowest BCUT2D eigenvalue weighted by Gasteiger charge is -2.43. The molecule has 2 heterocycles. The topological polar surface area (TPSA) is 19.4 Å². The molecule has 0 saturated heterocycles. The first-order chi connectivity index (χ1) is 39.8. The van der Waals surface area contributed by atoms with Gasteiger partial charge in [0, 0.05) is 25.6 Å². The van der Waals surface area contributed by atoms with Crippen LogP contribution in [0.4, 0.5) is 0 Å². The lowest BCUT2D eigenvalue weighted by molar-refractivity contribution is 0.198. The van der Waals surface area contributed by atoms with Crippen LogP contribution in [0.5, 0.6) is 0 Å². The standard InChI is InChI=1S/C80H75N3/c1-51-22-19-23-52(2)74(51)53-40-41-81-73(44-53)79(68-32-17-14-29-62(68)65-48-55(76(6,7)8)35-38-70(65)79)59-26-20-24-57(45-59)78(67-31-16-13-28-61(67)64-47-54(75(3,4)5)34-37-69(64)78)58-25-21-27-60(46-58)80(83-43-42-82(12)50-83)71-33-18-15-30-63(71)66-49-56(77(9,10)11)36-39-72(66)80/h13-49H,50H2,1-12H3.